The van der Waals surface area contributed by atoms with Gasteiger partial charge in [-0.05, 0) is 52.9 Å². The summed E-state index contributed by atoms with van der Waals surface area (Å²) in [6, 6.07) is 3.72. The van der Waals surface area contributed by atoms with Gasteiger partial charge in [-0.15, -0.1) is 0 Å². The number of rotatable bonds is 4. The Morgan fingerprint density at radius 1 is 0.833 bits per heavy atom. The molecule has 0 aliphatic heterocycles. The van der Waals surface area contributed by atoms with Gasteiger partial charge in [0.05, 0.1) is 5.52 Å². The van der Waals surface area contributed by atoms with Gasteiger partial charge in [0, 0.05) is 11.1 Å². The van der Waals surface area contributed by atoms with E-state index in [9.17, 15) is 10.0 Å². The molecular formula is C19H29BLiNO2. The van der Waals surface area contributed by atoms with Crippen molar-refractivity contribution in [2.45, 2.75) is 66.2 Å². The molecule has 5 heteroatoms. The first-order chi connectivity index (χ1) is 10.7. The van der Waals surface area contributed by atoms with E-state index in [0.717, 1.165) is 22.2 Å². The van der Waals surface area contributed by atoms with Crippen molar-refractivity contribution in [1.82, 2.24) is 4.98 Å². The number of hydrogen-bond acceptors (Lipinski definition) is 3. The number of aromatic nitrogens is 1. The molecule has 2 N–H and O–H groups in total. The Bertz CT molecular complexity index is 727. The molecular weight excluding hydrogens is 292 g/mol. The zero-order chi connectivity index (χ0) is 17.5. The second kappa shape index (κ2) is 8.06. The van der Waals surface area contributed by atoms with Crippen LogP contribution in [0.1, 0.15) is 81.7 Å². The van der Waals surface area contributed by atoms with Crippen LogP contribution in [-0.2, 0) is 0 Å². The zero-order valence-corrected chi connectivity index (χ0v) is 15.3. The normalized spacial score (nSPS) is 11.5. The molecule has 0 bridgehead atoms. The van der Waals surface area contributed by atoms with Crippen LogP contribution in [0, 0.1) is 6.92 Å². The fraction of sp³-hybridized carbons (Fsp3) is 0.526. The third-order valence-electron chi connectivity index (χ3n) is 4.50. The van der Waals surface area contributed by atoms with Crippen LogP contribution in [0.25, 0.3) is 10.9 Å². The summed E-state index contributed by atoms with van der Waals surface area (Å²) >= 11 is 0. The molecule has 1 aromatic carbocycles. The van der Waals surface area contributed by atoms with Gasteiger partial charge in [0.15, 0.2) is 0 Å². The third kappa shape index (κ3) is 3.73. The standard InChI is InChI=1S/C19H28BNO2.Li.H/c1-10(2)16-13(7)21-15-9-8-14(20(22)23)17(11(3)4)19(15)18(16)12(5)6;;/h8-12,22-23H,1-7H3;;. The molecule has 0 amide bonds. The van der Waals surface area contributed by atoms with E-state index in [4.69, 9.17) is 4.98 Å². The van der Waals surface area contributed by atoms with Gasteiger partial charge in [-0.1, -0.05) is 47.6 Å². The summed E-state index contributed by atoms with van der Waals surface area (Å²) in [5.74, 6) is 0.921. The molecule has 0 atom stereocenters. The molecule has 0 saturated heterocycles. The molecule has 126 valence electrons. The summed E-state index contributed by atoms with van der Waals surface area (Å²) in [5, 5.41) is 20.7. The van der Waals surface area contributed by atoms with Crippen LogP contribution < -0.4 is 5.46 Å². The van der Waals surface area contributed by atoms with Crippen LogP contribution in [0.2, 0.25) is 0 Å². The van der Waals surface area contributed by atoms with Gasteiger partial charge < -0.3 is 10.0 Å². The van der Waals surface area contributed by atoms with Gasteiger partial charge in [-0.25, -0.2) is 0 Å². The van der Waals surface area contributed by atoms with E-state index in [0.29, 0.717) is 17.3 Å². The minimum atomic E-state index is -1.46. The van der Waals surface area contributed by atoms with Crippen LogP contribution >= 0.6 is 0 Å². The van der Waals surface area contributed by atoms with E-state index < -0.39 is 7.12 Å². The van der Waals surface area contributed by atoms with Crippen molar-refractivity contribution in [1.29, 1.82) is 0 Å². The maximum absolute atomic E-state index is 9.81. The van der Waals surface area contributed by atoms with Gasteiger partial charge >= 0.3 is 26.0 Å². The van der Waals surface area contributed by atoms with Crippen molar-refractivity contribution >= 4 is 42.3 Å². The van der Waals surface area contributed by atoms with Crippen LogP contribution in [0.4, 0.5) is 0 Å². The van der Waals surface area contributed by atoms with Crippen LogP contribution in [0.15, 0.2) is 12.1 Å². The average molecular weight is 321 g/mol. The Hall–Kier alpha value is -0.788. The number of aryl methyl sites for hydroxylation is 1. The van der Waals surface area contributed by atoms with E-state index in [1.54, 1.807) is 6.07 Å². The Labute approximate surface area is 158 Å². The molecule has 24 heavy (non-hydrogen) atoms. The molecule has 0 fully saturated rings. The number of hydrogen-bond donors (Lipinski definition) is 2. The number of pyridine rings is 1. The molecule has 0 aliphatic carbocycles. The fourth-order valence-electron chi connectivity index (χ4n) is 3.75. The summed E-state index contributed by atoms with van der Waals surface area (Å²) < 4.78 is 0. The molecule has 1 heterocycles. The minimum absolute atomic E-state index is 0. The van der Waals surface area contributed by atoms with Gasteiger partial charge in [0.1, 0.15) is 0 Å². The summed E-state index contributed by atoms with van der Waals surface area (Å²) in [6.45, 7) is 15.1. The van der Waals surface area contributed by atoms with Crippen LogP contribution in [0.5, 0.6) is 0 Å². The predicted octanol–water partition coefficient (Wildman–Crippen LogP) is 2.94. The second-order valence-corrected chi connectivity index (χ2v) is 7.32. The summed E-state index contributed by atoms with van der Waals surface area (Å²) in [4.78, 5) is 4.82. The van der Waals surface area contributed by atoms with E-state index in [1.165, 1.54) is 11.1 Å². The van der Waals surface area contributed by atoms with Crippen molar-refractivity contribution in [2.75, 3.05) is 0 Å². The van der Waals surface area contributed by atoms with Crippen LogP contribution in [0.3, 0.4) is 0 Å². The van der Waals surface area contributed by atoms with E-state index >= 15 is 0 Å². The fourth-order valence-corrected chi connectivity index (χ4v) is 3.75. The number of benzene rings is 1. The zero-order valence-electron chi connectivity index (χ0n) is 15.3. The SMILES string of the molecule is Cc1nc2ccc(B(O)O)c(C(C)C)c2c(C(C)C)c1C(C)C.[LiH]. The predicted molar refractivity (Wildman–Crippen MR) is 106 cm³/mol. The first-order valence-corrected chi connectivity index (χ1v) is 8.49. The molecule has 2 rings (SSSR count). The first-order valence-electron chi connectivity index (χ1n) is 8.49. The summed E-state index contributed by atoms with van der Waals surface area (Å²) in [6.07, 6.45) is 0. The maximum atomic E-state index is 9.81. The van der Waals surface area contributed by atoms with Gasteiger partial charge in [0.2, 0.25) is 0 Å². The molecule has 1 aromatic heterocycles. The Morgan fingerprint density at radius 2 is 1.33 bits per heavy atom. The molecule has 2 aromatic rings. The molecule has 0 spiro atoms. The van der Waals surface area contributed by atoms with Gasteiger partial charge in [0.25, 0.3) is 0 Å². The van der Waals surface area contributed by atoms with Crippen LogP contribution in [-0.4, -0.2) is 41.0 Å². The Balaban J connectivity index is 0.00000288. The molecule has 3 nitrogen and oxygen atoms in total. The summed E-state index contributed by atoms with van der Waals surface area (Å²) in [5.41, 5.74) is 6.21. The molecule has 0 saturated carbocycles. The topological polar surface area (TPSA) is 53.4 Å². The van der Waals surface area contributed by atoms with Gasteiger partial charge in [-0.3, -0.25) is 4.98 Å². The first kappa shape index (κ1) is 21.3. The van der Waals surface area contributed by atoms with E-state index in [-0.39, 0.29) is 24.8 Å². The Kier molecular flexibility index (Phi) is 7.14. The molecule has 0 radical (unpaired) electrons. The Morgan fingerprint density at radius 3 is 1.75 bits per heavy atom. The van der Waals surface area contributed by atoms with Crippen molar-refractivity contribution in [3.05, 3.63) is 34.5 Å². The summed E-state index contributed by atoms with van der Waals surface area (Å²) in [7, 11) is -1.46. The molecule has 0 unspecified atom stereocenters. The molecule has 0 aliphatic rings. The van der Waals surface area contributed by atoms with E-state index in [2.05, 4.69) is 48.5 Å². The number of nitrogens with zero attached hydrogens (tertiary/aromatic N) is 1. The van der Waals surface area contributed by atoms with Crippen molar-refractivity contribution in [3.63, 3.8) is 0 Å². The van der Waals surface area contributed by atoms with Crippen molar-refractivity contribution in [2.24, 2.45) is 0 Å². The van der Waals surface area contributed by atoms with Gasteiger partial charge in [-0.2, -0.15) is 0 Å². The average Bonchev–Trinajstić information content (AvgIpc) is 2.43. The number of fused-ring (bicyclic) bond motifs is 1. The van der Waals surface area contributed by atoms with Crippen molar-refractivity contribution < 1.29 is 10.0 Å². The van der Waals surface area contributed by atoms with Crippen molar-refractivity contribution in [3.8, 4) is 0 Å². The monoisotopic (exact) mass is 321 g/mol. The second-order valence-electron chi connectivity index (χ2n) is 7.32. The quantitative estimate of drug-likeness (QED) is 0.852. The third-order valence-corrected chi connectivity index (χ3v) is 4.50. The van der Waals surface area contributed by atoms with E-state index in [1.807, 2.05) is 6.07 Å².